The second kappa shape index (κ2) is 8.23. The van der Waals surface area contributed by atoms with Gasteiger partial charge in [-0.15, -0.1) is 0 Å². The molecule has 3 aromatic rings. The fourth-order valence-corrected chi connectivity index (χ4v) is 2.61. The third-order valence-electron chi connectivity index (χ3n) is 4.04. The predicted molar refractivity (Wildman–Crippen MR) is 104 cm³/mol. The Labute approximate surface area is 157 Å². The van der Waals surface area contributed by atoms with Crippen molar-refractivity contribution in [2.24, 2.45) is 0 Å². The van der Waals surface area contributed by atoms with Gasteiger partial charge in [0, 0.05) is 23.6 Å². The molecule has 0 saturated heterocycles. The molecule has 0 spiro atoms. The van der Waals surface area contributed by atoms with Gasteiger partial charge in [-0.1, -0.05) is 23.8 Å². The SMILES string of the molecule is Cc1ccc(NC(=O)c2cc(C(=O)NCc3ccccn3)ccn2)c(C)c1. The van der Waals surface area contributed by atoms with Crippen LogP contribution in [0.25, 0.3) is 0 Å². The van der Waals surface area contributed by atoms with Crippen molar-refractivity contribution in [1.29, 1.82) is 0 Å². The van der Waals surface area contributed by atoms with E-state index in [4.69, 9.17) is 0 Å². The lowest BCUT2D eigenvalue weighted by Gasteiger charge is -2.10. The van der Waals surface area contributed by atoms with Crippen molar-refractivity contribution in [3.63, 3.8) is 0 Å². The van der Waals surface area contributed by atoms with Crippen molar-refractivity contribution in [2.75, 3.05) is 5.32 Å². The average Bonchev–Trinajstić information content (AvgIpc) is 2.69. The maximum absolute atomic E-state index is 12.5. The smallest absolute Gasteiger partial charge is 0.274 e. The van der Waals surface area contributed by atoms with E-state index in [9.17, 15) is 9.59 Å². The van der Waals surface area contributed by atoms with Crippen molar-refractivity contribution in [2.45, 2.75) is 20.4 Å². The number of nitrogens with one attached hydrogen (secondary N) is 2. The Hall–Kier alpha value is -3.54. The van der Waals surface area contributed by atoms with Crippen molar-refractivity contribution >= 4 is 17.5 Å². The molecule has 0 fully saturated rings. The zero-order chi connectivity index (χ0) is 19.2. The number of aryl methyl sites for hydroxylation is 2. The standard InChI is InChI=1S/C21H20N4O2/c1-14-6-7-18(15(2)11-14)25-21(27)19-12-16(8-10-23-19)20(26)24-13-17-5-3-4-9-22-17/h3-12H,13H2,1-2H3,(H,24,26)(H,25,27). The minimum absolute atomic E-state index is 0.181. The molecular formula is C21H20N4O2. The Bertz CT molecular complexity index is 971. The highest BCUT2D eigenvalue weighted by Crippen LogP contribution is 2.17. The van der Waals surface area contributed by atoms with Gasteiger partial charge >= 0.3 is 0 Å². The molecule has 2 heterocycles. The average molecular weight is 360 g/mol. The molecule has 2 aromatic heterocycles. The van der Waals surface area contributed by atoms with Gasteiger partial charge in [0.1, 0.15) is 5.69 Å². The first-order chi connectivity index (χ1) is 13.0. The summed E-state index contributed by atoms with van der Waals surface area (Å²) in [5.74, 6) is -0.648. The molecule has 6 nitrogen and oxygen atoms in total. The van der Waals surface area contributed by atoms with E-state index in [0.29, 0.717) is 12.1 Å². The van der Waals surface area contributed by atoms with Crippen molar-refractivity contribution in [3.8, 4) is 0 Å². The maximum atomic E-state index is 12.5. The Morgan fingerprint density at radius 1 is 0.926 bits per heavy atom. The molecule has 0 radical (unpaired) electrons. The van der Waals surface area contributed by atoms with Gasteiger partial charge in [-0.3, -0.25) is 19.6 Å². The fraction of sp³-hybridized carbons (Fsp3) is 0.143. The number of hydrogen-bond acceptors (Lipinski definition) is 4. The van der Waals surface area contributed by atoms with Crippen molar-refractivity contribution < 1.29 is 9.59 Å². The lowest BCUT2D eigenvalue weighted by atomic mass is 10.1. The Kier molecular flexibility index (Phi) is 5.56. The van der Waals surface area contributed by atoms with Crippen molar-refractivity contribution in [3.05, 3.63) is 89.0 Å². The number of anilines is 1. The van der Waals surface area contributed by atoms with Gasteiger partial charge in [0.05, 0.1) is 12.2 Å². The van der Waals surface area contributed by atoms with Crippen LogP contribution in [-0.4, -0.2) is 21.8 Å². The number of carbonyl (C=O) groups is 2. The van der Waals surface area contributed by atoms with Crippen molar-refractivity contribution in [1.82, 2.24) is 15.3 Å². The molecule has 1 aromatic carbocycles. The van der Waals surface area contributed by atoms with E-state index in [1.54, 1.807) is 12.3 Å². The zero-order valence-electron chi connectivity index (χ0n) is 15.2. The molecule has 27 heavy (non-hydrogen) atoms. The maximum Gasteiger partial charge on any atom is 0.274 e. The minimum atomic E-state index is -0.360. The second-order valence-electron chi connectivity index (χ2n) is 6.21. The molecule has 2 N–H and O–H groups in total. The summed E-state index contributed by atoms with van der Waals surface area (Å²) in [5, 5.41) is 5.62. The van der Waals surface area contributed by atoms with E-state index in [1.807, 2.05) is 50.2 Å². The molecular weight excluding hydrogens is 340 g/mol. The molecule has 0 unspecified atom stereocenters. The summed E-state index contributed by atoms with van der Waals surface area (Å²) >= 11 is 0. The Morgan fingerprint density at radius 3 is 2.52 bits per heavy atom. The minimum Gasteiger partial charge on any atom is -0.346 e. The van der Waals surface area contributed by atoms with Crippen LogP contribution in [0, 0.1) is 13.8 Å². The quantitative estimate of drug-likeness (QED) is 0.731. The molecule has 2 amide bonds. The number of pyridine rings is 2. The summed E-state index contributed by atoms with van der Waals surface area (Å²) < 4.78 is 0. The lowest BCUT2D eigenvalue weighted by Crippen LogP contribution is -2.24. The number of benzene rings is 1. The van der Waals surface area contributed by atoms with E-state index in [2.05, 4.69) is 20.6 Å². The van der Waals surface area contributed by atoms with Crippen LogP contribution in [0.2, 0.25) is 0 Å². The topological polar surface area (TPSA) is 84.0 Å². The van der Waals surface area contributed by atoms with Gasteiger partial charge in [0.25, 0.3) is 11.8 Å². The number of amides is 2. The summed E-state index contributed by atoms with van der Waals surface area (Å²) in [4.78, 5) is 33.1. The summed E-state index contributed by atoms with van der Waals surface area (Å²) in [6, 6.07) is 14.3. The van der Waals surface area contributed by atoms with Crippen LogP contribution in [-0.2, 0) is 6.54 Å². The van der Waals surface area contributed by atoms with E-state index in [-0.39, 0.29) is 17.5 Å². The number of aromatic nitrogens is 2. The van der Waals surface area contributed by atoms with Gasteiger partial charge in [-0.05, 0) is 49.7 Å². The van der Waals surface area contributed by atoms with Crippen LogP contribution in [0.4, 0.5) is 5.69 Å². The Morgan fingerprint density at radius 2 is 1.78 bits per heavy atom. The molecule has 136 valence electrons. The first-order valence-corrected chi connectivity index (χ1v) is 8.56. The molecule has 3 rings (SSSR count). The number of nitrogens with zero attached hydrogens (tertiary/aromatic N) is 2. The number of carbonyl (C=O) groups excluding carboxylic acids is 2. The fourth-order valence-electron chi connectivity index (χ4n) is 2.61. The molecule has 0 saturated carbocycles. The van der Waals surface area contributed by atoms with Gasteiger partial charge in [-0.25, -0.2) is 0 Å². The van der Waals surface area contributed by atoms with Gasteiger partial charge < -0.3 is 10.6 Å². The van der Waals surface area contributed by atoms with E-state index >= 15 is 0 Å². The first-order valence-electron chi connectivity index (χ1n) is 8.56. The van der Waals surface area contributed by atoms with Crippen LogP contribution < -0.4 is 10.6 Å². The summed E-state index contributed by atoms with van der Waals surface area (Å²) in [6.45, 7) is 4.23. The molecule has 0 aliphatic carbocycles. The highest BCUT2D eigenvalue weighted by Gasteiger charge is 2.13. The predicted octanol–water partition coefficient (Wildman–Crippen LogP) is 3.28. The summed E-state index contributed by atoms with van der Waals surface area (Å²) in [7, 11) is 0. The van der Waals surface area contributed by atoms with Crippen LogP contribution in [0.5, 0.6) is 0 Å². The van der Waals surface area contributed by atoms with Crippen LogP contribution in [0.3, 0.4) is 0 Å². The highest BCUT2D eigenvalue weighted by molar-refractivity contribution is 6.05. The van der Waals surface area contributed by atoms with Gasteiger partial charge in [-0.2, -0.15) is 0 Å². The lowest BCUT2D eigenvalue weighted by molar-refractivity contribution is 0.0950. The van der Waals surface area contributed by atoms with E-state index < -0.39 is 0 Å². The molecule has 0 bridgehead atoms. The number of hydrogen-bond donors (Lipinski definition) is 2. The Balaban J connectivity index is 1.68. The summed E-state index contributed by atoms with van der Waals surface area (Å²) in [6.07, 6.45) is 3.12. The normalized spacial score (nSPS) is 10.3. The van der Waals surface area contributed by atoms with Crippen LogP contribution in [0.15, 0.2) is 60.9 Å². The third-order valence-corrected chi connectivity index (χ3v) is 4.04. The monoisotopic (exact) mass is 360 g/mol. The molecule has 6 heteroatoms. The van der Waals surface area contributed by atoms with Gasteiger partial charge in [0.2, 0.25) is 0 Å². The van der Waals surface area contributed by atoms with Crippen LogP contribution >= 0.6 is 0 Å². The largest absolute Gasteiger partial charge is 0.346 e. The zero-order valence-corrected chi connectivity index (χ0v) is 15.2. The number of rotatable bonds is 5. The summed E-state index contributed by atoms with van der Waals surface area (Å²) in [5.41, 5.74) is 4.11. The molecule has 0 atom stereocenters. The first kappa shape index (κ1) is 18.3. The van der Waals surface area contributed by atoms with E-state index in [1.165, 1.54) is 12.3 Å². The molecule has 0 aliphatic rings. The third kappa shape index (κ3) is 4.76. The second-order valence-corrected chi connectivity index (χ2v) is 6.21. The highest BCUT2D eigenvalue weighted by atomic mass is 16.2. The van der Waals surface area contributed by atoms with Crippen LogP contribution in [0.1, 0.15) is 37.7 Å². The van der Waals surface area contributed by atoms with Gasteiger partial charge in [0.15, 0.2) is 0 Å². The van der Waals surface area contributed by atoms with E-state index in [0.717, 1.165) is 22.5 Å². The molecule has 0 aliphatic heterocycles.